The maximum absolute atomic E-state index is 13.7. The fourth-order valence-corrected chi connectivity index (χ4v) is 5.31. The highest BCUT2D eigenvalue weighted by molar-refractivity contribution is 7.93. The molecule has 0 aliphatic carbocycles. The third-order valence-electron chi connectivity index (χ3n) is 5.85. The number of alkyl carbamates (subject to hydrolysis) is 1. The number of sulfonamides is 1. The van der Waals surface area contributed by atoms with Crippen molar-refractivity contribution in [2.24, 2.45) is 5.92 Å². The second-order valence-corrected chi connectivity index (χ2v) is 12.4. The molecule has 0 aliphatic heterocycles. The molecule has 0 bridgehead atoms. The molecule has 0 saturated heterocycles. The number of nitrogens with zero attached hydrogens (tertiary/aromatic N) is 1. The van der Waals surface area contributed by atoms with E-state index in [1.807, 2.05) is 24.3 Å². The summed E-state index contributed by atoms with van der Waals surface area (Å²) in [6.45, 7) is 12.2. The number of aromatic nitrogens is 1. The molecule has 3 aromatic rings. The van der Waals surface area contributed by atoms with Gasteiger partial charge < -0.3 is 20.3 Å². The van der Waals surface area contributed by atoms with Crippen LogP contribution >= 0.6 is 0 Å². The van der Waals surface area contributed by atoms with Gasteiger partial charge in [0.25, 0.3) is 10.0 Å². The van der Waals surface area contributed by atoms with E-state index in [9.17, 15) is 18.0 Å². The number of carbonyl (C=O) groups is 2. The Bertz CT molecular complexity index is 1470. The highest BCUT2D eigenvalue weighted by atomic mass is 32.2. The minimum absolute atomic E-state index is 0.0477. The summed E-state index contributed by atoms with van der Waals surface area (Å²) in [4.78, 5) is 24.8. The van der Waals surface area contributed by atoms with Crippen molar-refractivity contribution in [3.63, 3.8) is 0 Å². The smallest absolute Gasteiger partial charge is 0.408 e. The summed E-state index contributed by atoms with van der Waals surface area (Å²) in [6, 6.07) is 10.5. The molecule has 2 aromatic carbocycles. The number of nitrogen functional groups attached to an aromatic ring is 1. The van der Waals surface area contributed by atoms with Crippen LogP contribution in [0.2, 0.25) is 0 Å². The van der Waals surface area contributed by atoms with E-state index >= 15 is 0 Å². The van der Waals surface area contributed by atoms with Crippen molar-refractivity contribution in [1.29, 1.82) is 0 Å². The Morgan fingerprint density at radius 1 is 1.08 bits per heavy atom. The van der Waals surface area contributed by atoms with Crippen molar-refractivity contribution in [3.05, 3.63) is 58.8 Å². The van der Waals surface area contributed by atoms with Crippen LogP contribution in [0.5, 0.6) is 0 Å². The SMILES string of the molecule is Cc1noc(NS(=O)(=O)c2c(-c3ccc(CC(C)C)cc3)ccc(C(=O)CNC(=O)OC(C)(C)C)c2N)c1C. The van der Waals surface area contributed by atoms with E-state index in [0.29, 0.717) is 28.3 Å². The number of anilines is 2. The Balaban J connectivity index is 2.05. The van der Waals surface area contributed by atoms with Gasteiger partial charge in [-0.2, -0.15) is 0 Å². The number of ether oxygens (including phenoxy) is 1. The molecule has 1 heterocycles. The van der Waals surface area contributed by atoms with Crippen molar-refractivity contribution in [1.82, 2.24) is 10.5 Å². The Morgan fingerprint density at radius 3 is 2.26 bits per heavy atom. The highest BCUT2D eigenvalue weighted by Crippen LogP contribution is 2.36. The number of hydrogen-bond donors (Lipinski definition) is 3. The summed E-state index contributed by atoms with van der Waals surface area (Å²) >= 11 is 0. The largest absolute Gasteiger partial charge is 0.444 e. The second-order valence-electron chi connectivity index (χ2n) is 10.8. The summed E-state index contributed by atoms with van der Waals surface area (Å²) in [5.74, 6) is -0.173. The van der Waals surface area contributed by atoms with Gasteiger partial charge in [0, 0.05) is 16.7 Å². The molecule has 0 atom stereocenters. The quantitative estimate of drug-likeness (QED) is 0.239. The maximum atomic E-state index is 13.7. The van der Waals surface area contributed by atoms with Crippen molar-refractivity contribution in [2.75, 3.05) is 17.0 Å². The van der Waals surface area contributed by atoms with Crippen LogP contribution in [0.3, 0.4) is 0 Å². The zero-order chi connectivity index (χ0) is 29.1. The van der Waals surface area contributed by atoms with Gasteiger partial charge in [0.05, 0.1) is 17.9 Å². The van der Waals surface area contributed by atoms with Gasteiger partial charge >= 0.3 is 6.09 Å². The zero-order valence-corrected chi connectivity index (χ0v) is 24.2. The van der Waals surface area contributed by atoms with Gasteiger partial charge in [-0.15, -0.1) is 0 Å². The average Bonchev–Trinajstić information content (AvgIpc) is 3.13. The van der Waals surface area contributed by atoms with Crippen LogP contribution in [0, 0.1) is 19.8 Å². The summed E-state index contributed by atoms with van der Waals surface area (Å²) in [5.41, 5.74) is 8.38. The predicted molar refractivity (Wildman–Crippen MR) is 150 cm³/mol. The van der Waals surface area contributed by atoms with Gasteiger partial charge in [-0.05, 0) is 64.2 Å². The zero-order valence-electron chi connectivity index (χ0n) is 23.3. The number of nitrogens with two attached hydrogens (primary N) is 1. The molecule has 39 heavy (non-hydrogen) atoms. The monoisotopic (exact) mass is 556 g/mol. The van der Waals surface area contributed by atoms with Gasteiger partial charge in [-0.1, -0.05) is 49.3 Å². The minimum atomic E-state index is -4.35. The number of hydrogen-bond acceptors (Lipinski definition) is 8. The summed E-state index contributed by atoms with van der Waals surface area (Å²) in [6.07, 6.45) is 0.0929. The van der Waals surface area contributed by atoms with Gasteiger partial charge in [-0.25, -0.2) is 17.9 Å². The molecule has 0 fully saturated rings. The van der Waals surface area contributed by atoms with Gasteiger partial charge in [0.1, 0.15) is 10.5 Å². The van der Waals surface area contributed by atoms with Gasteiger partial charge in [-0.3, -0.25) is 4.79 Å². The number of benzene rings is 2. The Kier molecular flexibility index (Phi) is 8.74. The third-order valence-corrected chi connectivity index (χ3v) is 7.28. The van der Waals surface area contributed by atoms with Crippen LogP contribution in [0.4, 0.5) is 16.4 Å². The van der Waals surface area contributed by atoms with Gasteiger partial charge in [0.2, 0.25) is 5.88 Å². The molecular formula is C28H36N4O6S. The number of ketones is 1. The van der Waals surface area contributed by atoms with E-state index in [-0.39, 0.29) is 22.0 Å². The number of rotatable bonds is 9. The first-order valence-electron chi connectivity index (χ1n) is 12.6. The van der Waals surface area contributed by atoms with E-state index in [2.05, 4.69) is 29.0 Å². The molecule has 0 radical (unpaired) electrons. The third kappa shape index (κ3) is 7.38. The molecule has 0 unspecified atom stereocenters. The molecule has 210 valence electrons. The molecule has 0 aliphatic rings. The fourth-order valence-electron chi connectivity index (χ4n) is 3.90. The average molecular weight is 557 g/mol. The van der Waals surface area contributed by atoms with Crippen LogP contribution in [-0.4, -0.2) is 37.6 Å². The molecule has 0 spiro atoms. The van der Waals surface area contributed by atoms with E-state index in [0.717, 1.165) is 12.0 Å². The number of amides is 1. The standard InChI is InChI=1S/C28H36N4O6S/c1-16(2)14-19-8-10-20(11-9-19)21-12-13-22(23(33)15-30-27(34)37-28(5,6)7)24(29)25(21)39(35,36)32-26-17(3)18(4)31-38-26/h8-13,16,32H,14-15,29H2,1-7H3,(H,30,34). The van der Waals surface area contributed by atoms with Crippen LogP contribution < -0.4 is 15.8 Å². The predicted octanol–water partition coefficient (Wildman–Crippen LogP) is 5.25. The maximum Gasteiger partial charge on any atom is 0.408 e. The Labute approximate surface area is 229 Å². The summed E-state index contributed by atoms with van der Waals surface area (Å²) < 4.78 is 40.2. The first-order chi connectivity index (χ1) is 18.1. The molecule has 4 N–H and O–H groups in total. The topological polar surface area (TPSA) is 154 Å². The van der Waals surface area contributed by atoms with Crippen LogP contribution in [0.15, 0.2) is 45.8 Å². The highest BCUT2D eigenvalue weighted by Gasteiger charge is 2.29. The van der Waals surface area contributed by atoms with Crippen LogP contribution in [0.25, 0.3) is 11.1 Å². The molecule has 10 nitrogen and oxygen atoms in total. The van der Waals surface area contributed by atoms with Crippen LogP contribution in [-0.2, 0) is 21.2 Å². The van der Waals surface area contributed by atoms with Gasteiger partial charge in [0.15, 0.2) is 5.78 Å². The normalized spacial score (nSPS) is 11.9. The number of carbonyl (C=O) groups excluding carboxylic acids is 2. The molecule has 1 aromatic heterocycles. The fraction of sp³-hybridized carbons (Fsp3) is 0.393. The van der Waals surface area contributed by atoms with E-state index in [1.54, 1.807) is 34.6 Å². The minimum Gasteiger partial charge on any atom is -0.444 e. The second kappa shape index (κ2) is 11.5. The van der Waals surface area contributed by atoms with Crippen molar-refractivity contribution in [2.45, 2.75) is 65.4 Å². The lowest BCUT2D eigenvalue weighted by atomic mass is 9.97. The number of Topliss-reactive ketones (excluding diaryl/α,β-unsaturated/α-hetero) is 1. The first kappa shape index (κ1) is 29.7. The van der Waals surface area contributed by atoms with Crippen molar-refractivity contribution < 1.29 is 27.3 Å². The molecule has 1 amide bonds. The lowest BCUT2D eigenvalue weighted by Gasteiger charge is -2.20. The number of aryl methyl sites for hydroxylation is 1. The molecule has 11 heteroatoms. The summed E-state index contributed by atoms with van der Waals surface area (Å²) in [5, 5.41) is 6.19. The summed E-state index contributed by atoms with van der Waals surface area (Å²) in [7, 11) is -4.35. The number of nitrogens with one attached hydrogen (secondary N) is 2. The Morgan fingerprint density at radius 2 is 1.72 bits per heavy atom. The molecule has 0 saturated carbocycles. The van der Waals surface area contributed by atoms with E-state index < -0.39 is 34.0 Å². The van der Waals surface area contributed by atoms with E-state index in [4.69, 9.17) is 15.0 Å². The van der Waals surface area contributed by atoms with Crippen LogP contribution in [0.1, 0.15) is 61.8 Å². The first-order valence-corrected chi connectivity index (χ1v) is 14.0. The molecular weight excluding hydrogens is 520 g/mol. The van der Waals surface area contributed by atoms with Crippen molar-refractivity contribution >= 4 is 33.5 Å². The van der Waals surface area contributed by atoms with E-state index in [1.165, 1.54) is 12.1 Å². The Hall–Kier alpha value is -3.86. The van der Waals surface area contributed by atoms with Crippen molar-refractivity contribution in [3.8, 4) is 11.1 Å². The lowest BCUT2D eigenvalue weighted by Crippen LogP contribution is -2.35. The lowest BCUT2D eigenvalue weighted by molar-refractivity contribution is 0.0520. The molecule has 3 rings (SSSR count).